The Morgan fingerprint density at radius 2 is 2.12 bits per heavy atom. The van der Waals surface area contributed by atoms with Crippen LogP contribution in [0.2, 0.25) is 0 Å². The zero-order valence-corrected chi connectivity index (χ0v) is 8.96. The fourth-order valence-corrected chi connectivity index (χ4v) is 2.33. The van der Waals surface area contributed by atoms with Gasteiger partial charge in [0, 0.05) is 12.6 Å². The molecule has 0 aromatic heterocycles. The van der Waals surface area contributed by atoms with Crippen LogP contribution in [0.5, 0.6) is 0 Å². The fraction of sp³-hybridized carbons (Fsp3) is 0.800. The summed E-state index contributed by atoms with van der Waals surface area (Å²) in [5, 5.41) is 8.98. The molecule has 2 heterocycles. The number of carbonyl (C=O) groups excluding carboxylic acids is 1. The standard InChI is InChI=1S/C10H16N2O4/c11-7-5-16-4-6(7)9(13)12-3-1-2-8(12)10(14)15/h6-8H,1-5,11H2,(H,14,15). The number of hydrogen-bond donors (Lipinski definition) is 2. The third-order valence-electron chi connectivity index (χ3n) is 3.26. The number of hydrogen-bond acceptors (Lipinski definition) is 4. The van der Waals surface area contributed by atoms with E-state index >= 15 is 0 Å². The molecular formula is C10H16N2O4. The number of aliphatic carboxylic acids is 1. The summed E-state index contributed by atoms with van der Waals surface area (Å²) in [7, 11) is 0. The van der Waals surface area contributed by atoms with E-state index in [0.29, 0.717) is 26.2 Å². The van der Waals surface area contributed by atoms with Gasteiger partial charge in [0.25, 0.3) is 0 Å². The minimum absolute atomic E-state index is 0.171. The van der Waals surface area contributed by atoms with Gasteiger partial charge in [-0.25, -0.2) is 4.79 Å². The number of carbonyl (C=O) groups is 2. The lowest BCUT2D eigenvalue weighted by Crippen LogP contribution is -2.47. The van der Waals surface area contributed by atoms with E-state index in [1.807, 2.05) is 0 Å². The Bertz CT molecular complexity index is 307. The van der Waals surface area contributed by atoms with Crippen LogP contribution >= 0.6 is 0 Å². The molecule has 0 radical (unpaired) electrons. The molecule has 6 nitrogen and oxygen atoms in total. The second kappa shape index (κ2) is 4.39. The minimum atomic E-state index is -0.932. The van der Waals surface area contributed by atoms with Crippen LogP contribution in [0.4, 0.5) is 0 Å². The number of amides is 1. The van der Waals surface area contributed by atoms with Crippen molar-refractivity contribution in [3.8, 4) is 0 Å². The van der Waals surface area contributed by atoms with Crippen LogP contribution in [0, 0.1) is 5.92 Å². The Kier molecular flexibility index (Phi) is 3.11. The van der Waals surface area contributed by atoms with Gasteiger partial charge in [0.1, 0.15) is 6.04 Å². The maximum Gasteiger partial charge on any atom is 0.326 e. The molecule has 3 N–H and O–H groups in total. The van der Waals surface area contributed by atoms with Gasteiger partial charge < -0.3 is 20.5 Å². The monoisotopic (exact) mass is 228 g/mol. The molecule has 16 heavy (non-hydrogen) atoms. The maximum absolute atomic E-state index is 12.1. The van der Waals surface area contributed by atoms with E-state index in [1.54, 1.807) is 0 Å². The molecule has 2 rings (SSSR count). The van der Waals surface area contributed by atoms with E-state index in [0.717, 1.165) is 6.42 Å². The molecule has 2 aliphatic heterocycles. The lowest BCUT2D eigenvalue weighted by Gasteiger charge is -2.25. The smallest absolute Gasteiger partial charge is 0.326 e. The first-order valence-electron chi connectivity index (χ1n) is 5.48. The summed E-state index contributed by atoms with van der Waals surface area (Å²) in [6.45, 7) is 1.20. The molecule has 2 saturated heterocycles. The number of likely N-dealkylation sites (tertiary alicyclic amines) is 1. The van der Waals surface area contributed by atoms with Gasteiger partial charge in [-0.15, -0.1) is 0 Å². The summed E-state index contributed by atoms with van der Waals surface area (Å²) in [6, 6.07) is -0.983. The third-order valence-corrected chi connectivity index (χ3v) is 3.26. The Morgan fingerprint density at radius 1 is 1.38 bits per heavy atom. The SMILES string of the molecule is NC1COCC1C(=O)N1CCCC1C(=O)O. The van der Waals surface area contributed by atoms with Crippen LogP contribution in [0.15, 0.2) is 0 Å². The highest BCUT2D eigenvalue weighted by atomic mass is 16.5. The summed E-state index contributed by atoms with van der Waals surface area (Å²) in [6.07, 6.45) is 1.27. The molecule has 6 heteroatoms. The molecule has 1 amide bonds. The van der Waals surface area contributed by atoms with E-state index in [1.165, 1.54) is 4.90 Å². The Labute approximate surface area is 93.3 Å². The second-order valence-corrected chi connectivity index (χ2v) is 4.34. The van der Waals surface area contributed by atoms with Crippen molar-refractivity contribution >= 4 is 11.9 Å². The molecule has 0 aromatic carbocycles. The molecule has 0 aromatic rings. The average Bonchev–Trinajstić information content (AvgIpc) is 2.84. The van der Waals surface area contributed by atoms with Crippen molar-refractivity contribution < 1.29 is 19.4 Å². The number of nitrogens with two attached hydrogens (primary N) is 1. The number of ether oxygens (including phenoxy) is 1. The maximum atomic E-state index is 12.1. The van der Waals surface area contributed by atoms with Crippen molar-refractivity contribution in [3.63, 3.8) is 0 Å². The largest absolute Gasteiger partial charge is 0.480 e. The van der Waals surface area contributed by atoms with Gasteiger partial charge in [0.2, 0.25) is 5.91 Å². The zero-order chi connectivity index (χ0) is 11.7. The lowest BCUT2D eigenvalue weighted by atomic mass is 10.0. The Balaban J connectivity index is 2.06. The minimum Gasteiger partial charge on any atom is -0.480 e. The molecular weight excluding hydrogens is 212 g/mol. The quantitative estimate of drug-likeness (QED) is 0.634. The van der Waals surface area contributed by atoms with Gasteiger partial charge in [0.05, 0.1) is 19.1 Å². The van der Waals surface area contributed by atoms with Crippen LogP contribution in [-0.2, 0) is 14.3 Å². The molecule has 0 spiro atoms. The van der Waals surface area contributed by atoms with Gasteiger partial charge in [-0.1, -0.05) is 0 Å². The third kappa shape index (κ3) is 1.90. The van der Waals surface area contributed by atoms with Crippen molar-refractivity contribution in [2.75, 3.05) is 19.8 Å². The molecule has 0 aliphatic carbocycles. The topological polar surface area (TPSA) is 92.9 Å². The average molecular weight is 228 g/mol. The van der Waals surface area contributed by atoms with Crippen molar-refractivity contribution in [2.45, 2.75) is 24.9 Å². The van der Waals surface area contributed by atoms with Gasteiger partial charge in [-0.05, 0) is 12.8 Å². The van der Waals surface area contributed by atoms with E-state index in [-0.39, 0.29) is 17.9 Å². The van der Waals surface area contributed by atoms with E-state index in [4.69, 9.17) is 15.6 Å². The number of carboxylic acid groups (broad SMARTS) is 1. The second-order valence-electron chi connectivity index (χ2n) is 4.34. The van der Waals surface area contributed by atoms with Crippen LogP contribution < -0.4 is 5.73 Å². The molecule has 0 saturated carbocycles. The van der Waals surface area contributed by atoms with Crippen molar-refractivity contribution in [1.82, 2.24) is 4.90 Å². The molecule has 90 valence electrons. The first-order valence-corrected chi connectivity index (χ1v) is 5.48. The van der Waals surface area contributed by atoms with Crippen LogP contribution in [-0.4, -0.2) is 53.7 Å². The van der Waals surface area contributed by atoms with Gasteiger partial charge in [-0.3, -0.25) is 4.79 Å². The van der Waals surface area contributed by atoms with Crippen LogP contribution in [0.3, 0.4) is 0 Å². The van der Waals surface area contributed by atoms with E-state index in [2.05, 4.69) is 0 Å². The lowest BCUT2D eigenvalue weighted by molar-refractivity contribution is -0.150. The number of nitrogens with zero attached hydrogens (tertiary/aromatic N) is 1. The van der Waals surface area contributed by atoms with Gasteiger partial charge in [-0.2, -0.15) is 0 Å². The highest BCUT2D eigenvalue weighted by Crippen LogP contribution is 2.23. The summed E-state index contributed by atoms with van der Waals surface area (Å²) < 4.78 is 5.13. The highest BCUT2D eigenvalue weighted by molar-refractivity contribution is 5.86. The molecule has 3 unspecified atom stereocenters. The van der Waals surface area contributed by atoms with Gasteiger partial charge in [0.15, 0.2) is 0 Å². The predicted molar refractivity (Wildman–Crippen MR) is 54.7 cm³/mol. The predicted octanol–water partition coefficient (Wildman–Crippen LogP) is -0.964. The molecule has 2 fully saturated rings. The summed E-state index contributed by atoms with van der Waals surface area (Å²) in [4.78, 5) is 24.5. The Hall–Kier alpha value is -1.14. The first kappa shape index (κ1) is 11.3. The summed E-state index contributed by atoms with van der Waals surface area (Å²) >= 11 is 0. The van der Waals surface area contributed by atoms with Crippen molar-refractivity contribution in [3.05, 3.63) is 0 Å². The molecule has 2 aliphatic rings. The number of carboxylic acids is 1. The molecule has 0 bridgehead atoms. The van der Waals surface area contributed by atoms with E-state index < -0.39 is 12.0 Å². The first-order chi connectivity index (χ1) is 7.61. The Morgan fingerprint density at radius 3 is 2.69 bits per heavy atom. The molecule has 3 atom stereocenters. The van der Waals surface area contributed by atoms with Gasteiger partial charge >= 0.3 is 5.97 Å². The fourth-order valence-electron chi connectivity index (χ4n) is 2.33. The summed E-state index contributed by atoms with van der Waals surface area (Å²) in [5.41, 5.74) is 5.75. The number of rotatable bonds is 2. The summed E-state index contributed by atoms with van der Waals surface area (Å²) in [5.74, 6) is -1.48. The zero-order valence-electron chi connectivity index (χ0n) is 8.96. The van der Waals surface area contributed by atoms with Crippen LogP contribution in [0.1, 0.15) is 12.8 Å². The normalized spacial score (nSPS) is 34.3. The van der Waals surface area contributed by atoms with E-state index in [9.17, 15) is 9.59 Å². The van der Waals surface area contributed by atoms with Crippen molar-refractivity contribution in [2.24, 2.45) is 11.7 Å². The van der Waals surface area contributed by atoms with Crippen LogP contribution in [0.25, 0.3) is 0 Å². The van der Waals surface area contributed by atoms with Crippen molar-refractivity contribution in [1.29, 1.82) is 0 Å². The highest BCUT2D eigenvalue weighted by Gasteiger charge is 2.40.